The number of hydrogen-bond donors (Lipinski definition) is 1. The highest BCUT2D eigenvalue weighted by Crippen LogP contribution is 2.19. The first-order valence-electron chi connectivity index (χ1n) is 6.85. The Hall–Kier alpha value is -2.75. The van der Waals surface area contributed by atoms with Crippen molar-refractivity contribution in [2.45, 2.75) is 6.42 Å². The molecule has 0 fully saturated rings. The first kappa shape index (κ1) is 13.2. The van der Waals surface area contributed by atoms with Gasteiger partial charge in [0, 0.05) is 37.5 Å². The standard InChI is InChI=1S/C17H16N4/c1-18-16-11-15(10-13-6-5-9-19-12-13)20-17(21-16)14-7-3-2-4-8-14/h2-9,11-12H,10H2,1H3,(H,18,20,21). The molecule has 4 heteroatoms. The maximum atomic E-state index is 4.67. The van der Waals surface area contributed by atoms with Crippen LogP contribution >= 0.6 is 0 Å². The summed E-state index contributed by atoms with van der Waals surface area (Å²) in [7, 11) is 1.87. The van der Waals surface area contributed by atoms with E-state index in [0.29, 0.717) is 0 Å². The molecule has 104 valence electrons. The normalized spacial score (nSPS) is 10.3. The van der Waals surface area contributed by atoms with E-state index in [1.165, 1.54) is 0 Å². The number of nitrogens with one attached hydrogen (secondary N) is 1. The van der Waals surface area contributed by atoms with E-state index in [4.69, 9.17) is 0 Å². The van der Waals surface area contributed by atoms with Gasteiger partial charge in [-0.2, -0.15) is 0 Å². The van der Waals surface area contributed by atoms with E-state index in [-0.39, 0.29) is 0 Å². The molecule has 1 N–H and O–H groups in total. The first-order chi connectivity index (χ1) is 10.3. The molecule has 0 amide bonds. The fourth-order valence-electron chi connectivity index (χ4n) is 2.14. The average Bonchev–Trinajstić information content (AvgIpc) is 2.56. The van der Waals surface area contributed by atoms with Crippen LogP contribution in [0.5, 0.6) is 0 Å². The summed E-state index contributed by atoms with van der Waals surface area (Å²) in [4.78, 5) is 13.3. The van der Waals surface area contributed by atoms with Crippen molar-refractivity contribution >= 4 is 5.82 Å². The molecule has 0 aliphatic rings. The molecule has 0 unspecified atom stereocenters. The molecule has 0 radical (unpaired) electrons. The summed E-state index contributed by atoms with van der Waals surface area (Å²) in [6, 6.07) is 16.0. The molecule has 2 aromatic heterocycles. The smallest absolute Gasteiger partial charge is 0.161 e. The highest BCUT2D eigenvalue weighted by molar-refractivity contribution is 5.57. The Bertz CT molecular complexity index is 711. The molecule has 3 rings (SSSR count). The van der Waals surface area contributed by atoms with Crippen molar-refractivity contribution in [3.63, 3.8) is 0 Å². The summed E-state index contributed by atoms with van der Waals surface area (Å²) < 4.78 is 0. The second kappa shape index (κ2) is 6.13. The predicted molar refractivity (Wildman–Crippen MR) is 84.1 cm³/mol. The minimum Gasteiger partial charge on any atom is -0.373 e. The van der Waals surface area contributed by atoms with E-state index in [1.807, 2.05) is 55.7 Å². The fraction of sp³-hybridized carbons (Fsp3) is 0.118. The number of aromatic nitrogens is 3. The minimum atomic E-state index is 0.737. The Morgan fingerprint density at radius 1 is 1.00 bits per heavy atom. The summed E-state index contributed by atoms with van der Waals surface area (Å²) in [5, 5.41) is 3.10. The van der Waals surface area contributed by atoms with Gasteiger partial charge in [-0.05, 0) is 11.6 Å². The third-order valence-electron chi connectivity index (χ3n) is 3.18. The van der Waals surface area contributed by atoms with Gasteiger partial charge in [-0.25, -0.2) is 9.97 Å². The molecule has 0 saturated heterocycles. The van der Waals surface area contributed by atoms with E-state index < -0.39 is 0 Å². The third kappa shape index (κ3) is 3.23. The van der Waals surface area contributed by atoms with Gasteiger partial charge in [0.1, 0.15) is 5.82 Å². The lowest BCUT2D eigenvalue weighted by Gasteiger charge is -2.08. The van der Waals surface area contributed by atoms with Gasteiger partial charge in [0.25, 0.3) is 0 Å². The van der Waals surface area contributed by atoms with Crippen molar-refractivity contribution in [3.05, 3.63) is 72.2 Å². The summed E-state index contributed by atoms with van der Waals surface area (Å²) in [5.74, 6) is 1.56. The topological polar surface area (TPSA) is 50.7 Å². The van der Waals surface area contributed by atoms with Gasteiger partial charge in [-0.3, -0.25) is 4.98 Å². The quantitative estimate of drug-likeness (QED) is 0.795. The molecule has 0 saturated carbocycles. The predicted octanol–water partition coefficient (Wildman–Crippen LogP) is 3.17. The summed E-state index contributed by atoms with van der Waals surface area (Å²) in [6.07, 6.45) is 4.38. The molecule has 2 heterocycles. The molecule has 0 bridgehead atoms. The Morgan fingerprint density at radius 2 is 1.86 bits per heavy atom. The average molecular weight is 276 g/mol. The second-order valence-corrected chi connectivity index (χ2v) is 4.72. The van der Waals surface area contributed by atoms with Crippen molar-refractivity contribution in [2.75, 3.05) is 12.4 Å². The Morgan fingerprint density at radius 3 is 2.57 bits per heavy atom. The van der Waals surface area contributed by atoms with Crippen LogP contribution in [0.3, 0.4) is 0 Å². The lowest BCUT2D eigenvalue weighted by molar-refractivity contribution is 1.02. The molecule has 0 aliphatic carbocycles. The second-order valence-electron chi connectivity index (χ2n) is 4.72. The zero-order valence-corrected chi connectivity index (χ0v) is 11.8. The molecule has 4 nitrogen and oxygen atoms in total. The van der Waals surface area contributed by atoms with E-state index in [0.717, 1.165) is 34.9 Å². The molecule has 21 heavy (non-hydrogen) atoms. The zero-order chi connectivity index (χ0) is 14.5. The lowest BCUT2D eigenvalue weighted by atomic mass is 10.1. The molecule has 1 aromatic carbocycles. The van der Waals surface area contributed by atoms with Crippen LogP contribution in [0.15, 0.2) is 60.9 Å². The van der Waals surface area contributed by atoms with Gasteiger partial charge < -0.3 is 5.32 Å². The van der Waals surface area contributed by atoms with Gasteiger partial charge >= 0.3 is 0 Å². The van der Waals surface area contributed by atoms with Gasteiger partial charge in [0.05, 0.1) is 5.69 Å². The SMILES string of the molecule is CNc1cc(Cc2cccnc2)nc(-c2ccccc2)n1. The maximum Gasteiger partial charge on any atom is 0.161 e. The maximum absolute atomic E-state index is 4.67. The van der Waals surface area contributed by atoms with E-state index in [9.17, 15) is 0 Å². The van der Waals surface area contributed by atoms with Crippen molar-refractivity contribution < 1.29 is 0 Å². The van der Waals surface area contributed by atoms with Gasteiger partial charge in [-0.1, -0.05) is 36.4 Å². The molecular weight excluding hydrogens is 260 g/mol. The Labute approximate surface area is 123 Å². The number of anilines is 1. The molecule has 0 atom stereocenters. The fourth-order valence-corrected chi connectivity index (χ4v) is 2.14. The lowest BCUT2D eigenvalue weighted by Crippen LogP contribution is -2.01. The van der Waals surface area contributed by atoms with Gasteiger partial charge in [-0.15, -0.1) is 0 Å². The van der Waals surface area contributed by atoms with E-state index in [1.54, 1.807) is 6.20 Å². The number of benzene rings is 1. The Balaban J connectivity index is 1.98. The van der Waals surface area contributed by atoms with Crippen molar-refractivity contribution in [3.8, 4) is 11.4 Å². The third-order valence-corrected chi connectivity index (χ3v) is 3.18. The Kier molecular flexibility index (Phi) is 3.87. The van der Waals surface area contributed by atoms with Gasteiger partial charge in [0.15, 0.2) is 5.82 Å². The number of nitrogens with zero attached hydrogens (tertiary/aromatic N) is 3. The number of hydrogen-bond acceptors (Lipinski definition) is 4. The summed E-state index contributed by atoms with van der Waals surface area (Å²) in [6.45, 7) is 0. The number of pyridine rings is 1. The summed E-state index contributed by atoms with van der Waals surface area (Å²) >= 11 is 0. The van der Waals surface area contributed by atoms with Crippen LogP contribution < -0.4 is 5.32 Å². The van der Waals surface area contributed by atoms with Crippen LogP contribution in [0.25, 0.3) is 11.4 Å². The van der Waals surface area contributed by atoms with Crippen LogP contribution in [0, 0.1) is 0 Å². The highest BCUT2D eigenvalue weighted by atomic mass is 15.0. The van der Waals surface area contributed by atoms with E-state index >= 15 is 0 Å². The molecule has 0 spiro atoms. The van der Waals surface area contributed by atoms with E-state index in [2.05, 4.69) is 26.3 Å². The minimum absolute atomic E-state index is 0.737. The first-order valence-corrected chi connectivity index (χ1v) is 6.85. The van der Waals surface area contributed by atoms with Crippen LogP contribution in [0.4, 0.5) is 5.82 Å². The van der Waals surface area contributed by atoms with Crippen LogP contribution in [0.2, 0.25) is 0 Å². The summed E-state index contributed by atoms with van der Waals surface area (Å²) in [5.41, 5.74) is 3.13. The van der Waals surface area contributed by atoms with Gasteiger partial charge in [0.2, 0.25) is 0 Å². The van der Waals surface area contributed by atoms with Crippen molar-refractivity contribution in [2.24, 2.45) is 0 Å². The highest BCUT2D eigenvalue weighted by Gasteiger charge is 2.07. The number of rotatable bonds is 4. The molecule has 3 aromatic rings. The molecule has 0 aliphatic heterocycles. The van der Waals surface area contributed by atoms with Crippen LogP contribution in [-0.2, 0) is 6.42 Å². The monoisotopic (exact) mass is 276 g/mol. The largest absolute Gasteiger partial charge is 0.373 e. The van der Waals surface area contributed by atoms with Crippen LogP contribution in [0.1, 0.15) is 11.3 Å². The zero-order valence-electron chi connectivity index (χ0n) is 11.8. The van der Waals surface area contributed by atoms with Crippen LogP contribution in [-0.4, -0.2) is 22.0 Å². The van der Waals surface area contributed by atoms with Crippen molar-refractivity contribution in [1.82, 2.24) is 15.0 Å². The van der Waals surface area contributed by atoms with Crippen molar-refractivity contribution in [1.29, 1.82) is 0 Å². The molecular formula is C17H16N4.